The van der Waals surface area contributed by atoms with E-state index in [9.17, 15) is 4.79 Å². The number of amides is 1. The normalized spacial score (nSPS) is 12.1. The summed E-state index contributed by atoms with van der Waals surface area (Å²) in [7, 11) is 1.61. The third-order valence-corrected chi connectivity index (χ3v) is 2.22. The van der Waals surface area contributed by atoms with Crippen LogP contribution in [0.3, 0.4) is 0 Å². The Hall–Kier alpha value is -1.39. The van der Waals surface area contributed by atoms with Gasteiger partial charge < -0.3 is 15.8 Å². The molecule has 0 saturated carbocycles. The zero-order valence-electron chi connectivity index (χ0n) is 9.48. The quantitative estimate of drug-likeness (QED) is 0.747. The Kier molecular flexibility index (Phi) is 5.53. The molecule has 88 valence electrons. The van der Waals surface area contributed by atoms with E-state index in [1.165, 1.54) is 0 Å². The van der Waals surface area contributed by atoms with Gasteiger partial charge in [0.1, 0.15) is 0 Å². The molecule has 0 aromatic heterocycles. The van der Waals surface area contributed by atoms with E-state index in [0.29, 0.717) is 25.1 Å². The van der Waals surface area contributed by atoms with Gasteiger partial charge in [-0.2, -0.15) is 0 Å². The van der Waals surface area contributed by atoms with E-state index in [0.717, 1.165) is 0 Å². The second-order valence-corrected chi connectivity index (χ2v) is 3.63. The van der Waals surface area contributed by atoms with Gasteiger partial charge in [0, 0.05) is 25.3 Å². The topological polar surface area (TPSA) is 64.3 Å². The molecule has 0 spiro atoms. The monoisotopic (exact) mass is 222 g/mol. The summed E-state index contributed by atoms with van der Waals surface area (Å²) in [5.74, 6) is -0.0646. The van der Waals surface area contributed by atoms with Crippen LogP contribution in [-0.2, 0) is 4.74 Å². The predicted molar refractivity (Wildman–Crippen MR) is 63.2 cm³/mol. The average Bonchev–Trinajstić information content (AvgIpc) is 2.30. The largest absolute Gasteiger partial charge is 0.383 e. The molecule has 1 unspecified atom stereocenters. The summed E-state index contributed by atoms with van der Waals surface area (Å²) >= 11 is 0. The minimum Gasteiger partial charge on any atom is -0.383 e. The molecule has 0 heterocycles. The number of hydrogen-bond acceptors (Lipinski definition) is 3. The van der Waals surface area contributed by atoms with Crippen LogP contribution < -0.4 is 11.1 Å². The van der Waals surface area contributed by atoms with Crippen molar-refractivity contribution in [1.82, 2.24) is 5.32 Å². The molecule has 1 rings (SSSR count). The number of benzene rings is 1. The fourth-order valence-corrected chi connectivity index (χ4v) is 1.36. The summed E-state index contributed by atoms with van der Waals surface area (Å²) in [5, 5.41) is 2.81. The van der Waals surface area contributed by atoms with Gasteiger partial charge in [0.15, 0.2) is 0 Å². The lowest BCUT2D eigenvalue weighted by Crippen LogP contribution is -2.32. The van der Waals surface area contributed by atoms with E-state index >= 15 is 0 Å². The second kappa shape index (κ2) is 6.98. The minimum atomic E-state index is -0.0646. The van der Waals surface area contributed by atoms with Gasteiger partial charge in [0.05, 0.1) is 6.61 Å². The summed E-state index contributed by atoms with van der Waals surface area (Å²) in [5.41, 5.74) is 6.40. The zero-order chi connectivity index (χ0) is 11.8. The van der Waals surface area contributed by atoms with Gasteiger partial charge in [-0.1, -0.05) is 18.2 Å². The van der Waals surface area contributed by atoms with Crippen LogP contribution in [0.4, 0.5) is 0 Å². The highest BCUT2D eigenvalue weighted by atomic mass is 16.5. The minimum absolute atomic E-state index is 0.0268. The summed E-state index contributed by atoms with van der Waals surface area (Å²) < 4.78 is 4.91. The maximum Gasteiger partial charge on any atom is 0.251 e. The molecule has 0 saturated heterocycles. The van der Waals surface area contributed by atoms with E-state index in [-0.39, 0.29) is 11.9 Å². The Morgan fingerprint density at radius 2 is 2.12 bits per heavy atom. The van der Waals surface area contributed by atoms with Crippen LogP contribution in [0.2, 0.25) is 0 Å². The molecule has 1 amide bonds. The van der Waals surface area contributed by atoms with E-state index in [1.807, 2.05) is 18.2 Å². The van der Waals surface area contributed by atoms with Crippen molar-refractivity contribution in [3.63, 3.8) is 0 Å². The van der Waals surface area contributed by atoms with Crippen LogP contribution in [0, 0.1) is 0 Å². The van der Waals surface area contributed by atoms with Crippen molar-refractivity contribution in [2.24, 2.45) is 5.73 Å². The van der Waals surface area contributed by atoms with Crippen molar-refractivity contribution in [3.8, 4) is 0 Å². The highest BCUT2D eigenvalue weighted by molar-refractivity contribution is 5.94. The Morgan fingerprint density at radius 1 is 1.44 bits per heavy atom. The van der Waals surface area contributed by atoms with E-state index in [4.69, 9.17) is 10.5 Å². The molecule has 0 aliphatic heterocycles. The molecule has 0 fully saturated rings. The lowest BCUT2D eigenvalue weighted by molar-refractivity contribution is 0.0950. The van der Waals surface area contributed by atoms with Crippen LogP contribution in [-0.4, -0.2) is 32.2 Å². The second-order valence-electron chi connectivity index (χ2n) is 3.63. The summed E-state index contributed by atoms with van der Waals surface area (Å²) in [6.45, 7) is 1.08. The number of nitrogens with two attached hydrogens (primary N) is 1. The first-order valence-corrected chi connectivity index (χ1v) is 5.32. The average molecular weight is 222 g/mol. The number of ether oxygens (including phenoxy) is 1. The maximum absolute atomic E-state index is 11.6. The molecule has 0 bridgehead atoms. The fraction of sp³-hybridized carbons (Fsp3) is 0.417. The standard InChI is InChI=1S/C12H18N2O2/c1-16-9-11(13)7-8-14-12(15)10-5-3-2-4-6-10/h2-6,11H,7-9,13H2,1H3,(H,14,15). The first-order valence-electron chi connectivity index (χ1n) is 5.32. The zero-order valence-corrected chi connectivity index (χ0v) is 9.48. The molecule has 1 atom stereocenters. The summed E-state index contributed by atoms with van der Waals surface area (Å²) in [6, 6.07) is 9.10. The van der Waals surface area contributed by atoms with Crippen LogP contribution in [0.15, 0.2) is 30.3 Å². The predicted octanol–water partition coefficient (Wildman–Crippen LogP) is 0.780. The lowest BCUT2D eigenvalue weighted by atomic mass is 10.2. The van der Waals surface area contributed by atoms with Crippen LogP contribution in [0.5, 0.6) is 0 Å². The van der Waals surface area contributed by atoms with Crippen molar-refractivity contribution < 1.29 is 9.53 Å². The van der Waals surface area contributed by atoms with Gasteiger partial charge in [-0.25, -0.2) is 0 Å². The van der Waals surface area contributed by atoms with Crippen molar-refractivity contribution in [2.75, 3.05) is 20.3 Å². The van der Waals surface area contributed by atoms with Crippen molar-refractivity contribution >= 4 is 5.91 Å². The third-order valence-electron chi connectivity index (χ3n) is 2.22. The van der Waals surface area contributed by atoms with E-state index < -0.39 is 0 Å². The Labute approximate surface area is 95.8 Å². The Balaban J connectivity index is 2.26. The summed E-state index contributed by atoms with van der Waals surface area (Å²) in [6.07, 6.45) is 0.715. The van der Waals surface area contributed by atoms with Crippen molar-refractivity contribution in [2.45, 2.75) is 12.5 Å². The number of methoxy groups -OCH3 is 1. The summed E-state index contributed by atoms with van der Waals surface area (Å²) in [4.78, 5) is 11.6. The van der Waals surface area contributed by atoms with Crippen molar-refractivity contribution in [3.05, 3.63) is 35.9 Å². The van der Waals surface area contributed by atoms with Gasteiger partial charge >= 0.3 is 0 Å². The van der Waals surface area contributed by atoms with Crippen molar-refractivity contribution in [1.29, 1.82) is 0 Å². The molecule has 1 aromatic carbocycles. The van der Waals surface area contributed by atoms with E-state index in [2.05, 4.69) is 5.32 Å². The molecular formula is C12H18N2O2. The van der Waals surface area contributed by atoms with Crippen LogP contribution in [0.25, 0.3) is 0 Å². The molecule has 1 aromatic rings. The fourth-order valence-electron chi connectivity index (χ4n) is 1.36. The SMILES string of the molecule is COCC(N)CCNC(=O)c1ccccc1. The Morgan fingerprint density at radius 3 is 2.75 bits per heavy atom. The van der Waals surface area contributed by atoms with Gasteiger partial charge in [0.2, 0.25) is 0 Å². The first kappa shape index (κ1) is 12.7. The van der Waals surface area contributed by atoms with Gasteiger partial charge in [-0.05, 0) is 18.6 Å². The molecule has 4 heteroatoms. The van der Waals surface area contributed by atoms with Gasteiger partial charge in [-0.3, -0.25) is 4.79 Å². The highest BCUT2D eigenvalue weighted by Gasteiger charge is 2.05. The van der Waals surface area contributed by atoms with Crippen LogP contribution in [0.1, 0.15) is 16.8 Å². The smallest absolute Gasteiger partial charge is 0.251 e. The molecule has 16 heavy (non-hydrogen) atoms. The third kappa shape index (κ3) is 4.42. The molecule has 0 aliphatic carbocycles. The molecular weight excluding hydrogens is 204 g/mol. The molecule has 4 nitrogen and oxygen atoms in total. The molecule has 0 radical (unpaired) electrons. The number of carbonyl (C=O) groups is 1. The number of carbonyl (C=O) groups excluding carboxylic acids is 1. The maximum atomic E-state index is 11.6. The van der Waals surface area contributed by atoms with E-state index in [1.54, 1.807) is 19.2 Å². The van der Waals surface area contributed by atoms with Gasteiger partial charge in [0.25, 0.3) is 5.91 Å². The van der Waals surface area contributed by atoms with Crippen LogP contribution >= 0.6 is 0 Å². The first-order chi connectivity index (χ1) is 7.74. The number of nitrogens with one attached hydrogen (secondary N) is 1. The number of rotatable bonds is 6. The molecule has 0 aliphatic rings. The number of hydrogen-bond donors (Lipinski definition) is 2. The lowest BCUT2D eigenvalue weighted by Gasteiger charge is -2.10. The highest BCUT2D eigenvalue weighted by Crippen LogP contribution is 1.97. The van der Waals surface area contributed by atoms with Gasteiger partial charge in [-0.15, -0.1) is 0 Å². The Bertz CT molecular complexity index is 314. The molecule has 3 N–H and O–H groups in total.